The molecule has 1 N–H and O–H groups in total. The summed E-state index contributed by atoms with van der Waals surface area (Å²) in [5.41, 5.74) is -5.31. The summed E-state index contributed by atoms with van der Waals surface area (Å²) in [7, 11) is 0. The molecule has 32 heavy (non-hydrogen) atoms. The lowest BCUT2D eigenvalue weighted by molar-refractivity contribution is -0.384. The van der Waals surface area contributed by atoms with Gasteiger partial charge in [-0.1, -0.05) is 44.3 Å². The second kappa shape index (κ2) is 10.8. The highest BCUT2D eigenvalue weighted by Gasteiger charge is 2.73. The van der Waals surface area contributed by atoms with Crippen LogP contribution in [-0.2, 0) is 0 Å². The minimum atomic E-state index is -6.21. The fourth-order valence-electron chi connectivity index (χ4n) is 5.17. The zero-order valence-corrected chi connectivity index (χ0v) is 17.6. The molecule has 2 fully saturated rings. The SMILES string of the molecule is OC(C(CC=CC1CCC(C2CCCCC2)CC1)CC(F)=C(F)F)(C(F)(F)F)C(F)(F)F. The average Bonchev–Trinajstić information content (AvgIpc) is 2.71. The van der Waals surface area contributed by atoms with Crippen LogP contribution in [-0.4, -0.2) is 23.1 Å². The molecule has 2 aliphatic rings. The Morgan fingerprint density at radius 2 is 1.28 bits per heavy atom. The highest BCUT2D eigenvalue weighted by molar-refractivity contribution is 5.07. The van der Waals surface area contributed by atoms with Crippen LogP contribution in [0.2, 0.25) is 0 Å². The summed E-state index contributed by atoms with van der Waals surface area (Å²) in [4.78, 5) is 0. The van der Waals surface area contributed by atoms with Gasteiger partial charge in [0.1, 0.15) is 0 Å². The third kappa shape index (κ3) is 6.44. The van der Waals surface area contributed by atoms with Crippen molar-refractivity contribution in [3.8, 4) is 0 Å². The quantitative estimate of drug-likeness (QED) is 0.287. The van der Waals surface area contributed by atoms with Crippen molar-refractivity contribution in [3.05, 3.63) is 24.1 Å². The van der Waals surface area contributed by atoms with E-state index in [0.717, 1.165) is 31.8 Å². The standard InChI is InChI=1S/C22H29F9O/c23-18(19(24)25)13-17(20(32,21(26,27)28)22(29,30)31)8-4-5-14-9-11-16(12-10-14)15-6-2-1-3-7-15/h4-5,14-17,32H,1-3,6-13H2. The first-order valence-electron chi connectivity index (χ1n) is 11.0. The molecule has 0 aromatic heterocycles. The van der Waals surface area contributed by atoms with Crippen LogP contribution in [0.1, 0.15) is 70.6 Å². The topological polar surface area (TPSA) is 20.2 Å². The van der Waals surface area contributed by atoms with E-state index in [-0.39, 0.29) is 5.92 Å². The van der Waals surface area contributed by atoms with Gasteiger partial charge in [-0.15, -0.1) is 0 Å². The summed E-state index contributed by atoms with van der Waals surface area (Å²) in [5, 5.41) is 9.57. The second-order valence-corrected chi connectivity index (χ2v) is 9.07. The molecule has 0 spiro atoms. The summed E-state index contributed by atoms with van der Waals surface area (Å²) < 4.78 is 117. The molecule has 186 valence electrons. The molecule has 1 unspecified atom stereocenters. The van der Waals surface area contributed by atoms with Gasteiger partial charge in [0, 0.05) is 12.3 Å². The fraction of sp³-hybridized carbons (Fsp3) is 0.818. The molecular weight excluding hydrogens is 451 g/mol. The Morgan fingerprint density at radius 3 is 1.75 bits per heavy atom. The molecule has 1 atom stereocenters. The van der Waals surface area contributed by atoms with Crippen LogP contribution in [0.3, 0.4) is 0 Å². The maximum Gasteiger partial charge on any atom is 0.426 e. The molecule has 0 radical (unpaired) electrons. The number of allylic oxidation sites excluding steroid dienone is 3. The molecule has 0 amide bonds. The first kappa shape index (κ1) is 27.1. The third-order valence-electron chi connectivity index (χ3n) is 7.05. The van der Waals surface area contributed by atoms with Crippen molar-refractivity contribution in [2.45, 2.75) is 88.6 Å². The predicted molar refractivity (Wildman–Crippen MR) is 101 cm³/mol. The molecule has 2 rings (SSSR count). The van der Waals surface area contributed by atoms with E-state index in [1.165, 1.54) is 38.2 Å². The lowest BCUT2D eigenvalue weighted by Crippen LogP contribution is -2.61. The number of hydrogen-bond acceptors (Lipinski definition) is 1. The van der Waals surface area contributed by atoms with Crippen LogP contribution in [0.15, 0.2) is 24.1 Å². The summed E-state index contributed by atoms with van der Waals surface area (Å²) in [6.45, 7) is 0. The van der Waals surface area contributed by atoms with Crippen LogP contribution in [0.25, 0.3) is 0 Å². The maximum atomic E-state index is 13.3. The third-order valence-corrected chi connectivity index (χ3v) is 7.05. The van der Waals surface area contributed by atoms with E-state index in [0.29, 0.717) is 11.8 Å². The highest BCUT2D eigenvalue weighted by Crippen LogP contribution is 2.51. The summed E-state index contributed by atoms with van der Waals surface area (Å²) in [6, 6.07) is 0. The van der Waals surface area contributed by atoms with Gasteiger partial charge in [-0.05, 0) is 49.9 Å². The van der Waals surface area contributed by atoms with Gasteiger partial charge >= 0.3 is 18.4 Å². The van der Waals surface area contributed by atoms with E-state index in [4.69, 9.17) is 0 Å². The van der Waals surface area contributed by atoms with Crippen molar-refractivity contribution < 1.29 is 44.6 Å². The summed E-state index contributed by atoms with van der Waals surface area (Å²) in [5.74, 6) is -4.10. The molecule has 10 heteroatoms. The number of halogens is 9. The van der Waals surface area contributed by atoms with Gasteiger partial charge in [0.05, 0.1) is 0 Å². The number of rotatable bonds is 7. The number of hydrogen-bond donors (Lipinski definition) is 1. The minimum Gasteiger partial charge on any atom is -0.373 e. The van der Waals surface area contributed by atoms with E-state index in [1.54, 1.807) is 0 Å². The molecule has 0 heterocycles. The van der Waals surface area contributed by atoms with E-state index in [1.807, 2.05) is 0 Å². The maximum absolute atomic E-state index is 13.3. The van der Waals surface area contributed by atoms with Crippen LogP contribution in [0, 0.1) is 23.7 Å². The molecule has 0 saturated heterocycles. The van der Waals surface area contributed by atoms with Crippen molar-refractivity contribution in [2.75, 3.05) is 0 Å². The first-order chi connectivity index (χ1) is 14.8. The smallest absolute Gasteiger partial charge is 0.373 e. The Kier molecular flexibility index (Phi) is 9.15. The molecule has 0 bridgehead atoms. The van der Waals surface area contributed by atoms with E-state index < -0.39 is 48.6 Å². The second-order valence-electron chi connectivity index (χ2n) is 9.07. The molecule has 2 aliphatic carbocycles. The van der Waals surface area contributed by atoms with E-state index >= 15 is 0 Å². The van der Waals surface area contributed by atoms with Crippen molar-refractivity contribution in [1.82, 2.24) is 0 Å². The number of aliphatic hydroxyl groups is 1. The van der Waals surface area contributed by atoms with Gasteiger partial charge in [-0.25, -0.2) is 4.39 Å². The first-order valence-corrected chi connectivity index (χ1v) is 11.0. The monoisotopic (exact) mass is 480 g/mol. The Labute approximate surface area is 181 Å². The van der Waals surface area contributed by atoms with Crippen LogP contribution in [0.4, 0.5) is 39.5 Å². The molecule has 0 aromatic rings. The molecule has 1 nitrogen and oxygen atoms in total. The Balaban J connectivity index is 2.08. The zero-order valence-electron chi connectivity index (χ0n) is 17.6. The molecule has 0 aromatic carbocycles. The summed E-state index contributed by atoms with van der Waals surface area (Å²) in [6.07, 6.45) is -6.52. The van der Waals surface area contributed by atoms with Crippen molar-refractivity contribution in [2.24, 2.45) is 23.7 Å². The van der Waals surface area contributed by atoms with Crippen LogP contribution in [0.5, 0.6) is 0 Å². The average molecular weight is 480 g/mol. The van der Waals surface area contributed by atoms with Crippen LogP contribution < -0.4 is 0 Å². The Morgan fingerprint density at radius 1 is 0.781 bits per heavy atom. The lowest BCUT2D eigenvalue weighted by Gasteiger charge is -2.38. The lowest BCUT2D eigenvalue weighted by atomic mass is 9.71. The molecular formula is C22H29F9O. The van der Waals surface area contributed by atoms with E-state index in [9.17, 15) is 44.6 Å². The fourth-order valence-corrected chi connectivity index (χ4v) is 5.17. The predicted octanol–water partition coefficient (Wildman–Crippen LogP) is 8.26. The number of alkyl halides is 6. The van der Waals surface area contributed by atoms with Gasteiger partial charge in [0.2, 0.25) is 0 Å². The van der Waals surface area contributed by atoms with Crippen molar-refractivity contribution >= 4 is 0 Å². The Bertz CT molecular complexity index is 633. The largest absolute Gasteiger partial charge is 0.426 e. The van der Waals surface area contributed by atoms with Crippen LogP contribution >= 0.6 is 0 Å². The minimum absolute atomic E-state index is 0.0568. The summed E-state index contributed by atoms with van der Waals surface area (Å²) >= 11 is 0. The van der Waals surface area contributed by atoms with Crippen molar-refractivity contribution in [3.63, 3.8) is 0 Å². The normalized spacial score (nSPS) is 25.2. The molecule has 0 aliphatic heterocycles. The van der Waals surface area contributed by atoms with Gasteiger partial charge in [0.15, 0.2) is 5.83 Å². The van der Waals surface area contributed by atoms with E-state index in [2.05, 4.69) is 0 Å². The van der Waals surface area contributed by atoms with Gasteiger partial charge in [0.25, 0.3) is 5.60 Å². The zero-order chi connectivity index (χ0) is 24.2. The Hall–Kier alpha value is -1.19. The highest BCUT2D eigenvalue weighted by atomic mass is 19.4. The van der Waals surface area contributed by atoms with Crippen molar-refractivity contribution in [1.29, 1.82) is 0 Å². The molecule has 2 saturated carbocycles. The van der Waals surface area contributed by atoms with Gasteiger partial charge in [-0.2, -0.15) is 35.1 Å². The van der Waals surface area contributed by atoms with Gasteiger partial charge < -0.3 is 5.11 Å². The van der Waals surface area contributed by atoms with Gasteiger partial charge in [-0.3, -0.25) is 0 Å².